The number of rotatable bonds is 9. The van der Waals surface area contributed by atoms with Crippen molar-refractivity contribution in [1.82, 2.24) is 35.8 Å². The van der Waals surface area contributed by atoms with Crippen LogP contribution in [0.25, 0.3) is 5.70 Å². The minimum Gasteiger partial charge on any atom is -0.478 e. The first-order valence-electron chi connectivity index (χ1n) is 13.9. The van der Waals surface area contributed by atoms with Gasteiger partial charge < -0.3 is 31.2 Å². The summed E-state index contributed by atoms with van der Waals surface area (Å²) in [6.07, 6.45) is 4.22. The number of nitrogens with one attached hydrogen (secondary N) is 2. The molecule has 230 valence electrons. The number of anilines is 1. The number of hydrogen-bond acceptors (Lipinski definition) is 13. The van der Waals surface area contributed by atoms with Crippen LogP contribution in [-0.4, -0.2) is 118 Å². The Morgan fingerprint density at radius 2 is 2.05 bits per heavy atom. The van der Waals surface area contributed by atoms with Crippen LogP contribution in [0.15, 0.2) is 16.1 Å². The minimum atomic E-state index is -1.71. The van der Waals surface area contributed by atoms with Crippen LogP contribution in [0.5, 0.6) is 0 Å². The minimum absolute atomic E-state index is 0.101. The third kappa shape index (κ3) is 5.15. The second-order valence-electron chi connectivity index (χ2n) is 12.1. The molecule has 2 aromatic heterocycles. The molecule has 6 atom stereocenters. The first-order valence-corrected chi connectivity index (χ1v) is 15.8. The molecule has 43 heavy (non-hydrogen) atoms. The number of β-lactam (4-membered cyclic amide) rings is 1. The van der Waals surface area contributed by atoms with Crippen LogP contribution in [0.2, 0.25) is 0 Å². The Hall–Kier alpha value is -3.61. The number of carbonyl (C=O) groups excluding carboxylic acids is 2. The number of aliphatic carboxylic acids is 1. The smallest absolute Gasteiger partial charge is 0.350 e. The van der Waals surface area contributed by atoms with E-state index >= 15 is 0 Å². The number of thiazole rings is 1. The molecule has 0 aromatic carbocycles. The van der Waals surface area contributed by atoms with Crippen molar-refractivity contribution < 1.29 is 28.8 Å². The number of aromatic nitrogens is 5. The molecule has 2 amide bonds. The summed E-state index contributed by atoms with van der Waals surface area (Å²) in [5.41, 5.74) is 11.9. The van der Waals surface area contributed by atoms with Crippen LogP contribution >= 0.6 is 23.1 Å². The largest absolute Gasteiger partial charge is 0.478 e. The molecular weight excluding hydrogens is 598 g/mol. The lowest BCUT2D eigenvalue weighted by molar-refractivity contribution is -0.944. The molecule has 3 saturated heterocycles. The van der Waals surface area contributed by atoms with Crippen LogP contribution in [0, 0.1) is 0 Å². The molecule has 0 aliphatic carbocycles. The third-order valence-electron chi connectivity index (χ3n) is 8.93. The van der Waals surface area contributed by atoms with Crippen LogP contribution in [0.4, 0.5) is 5.13 Å². The van der Waals surface area contributed by atoms with Gasteiger partial charge in [0.05, 0.1) is 24.8 Å². The molecular formula is C25H34N11O5S2+. The molecule has 2 unspecified atom stereocenters. The first kappa shape index (κ1) is 29.5. The second kappa shape index (κ2) is 10.8. The zero-order chi connectivity index (χ0) is 30.7. The van der Waals surface area contributed by atoms with Gasteiger partial charge >= 0.3 is 5.97 Å². The summed E-state index contributed by atoms with van der Waals surface area (Å²) < 4.78 is 0.876. The van der Waals surface area contributed by atoms with E-state index in [1.807, 2.05) is 0 Å². The molecule has 0 spiro atoms. The van der Waals surface area contributed by atoms with Crippen molar-refractivity contribution in [2.75, 3.05) is 25.1 Å². The quantitative estimate of drug-likeness (QED) is 0.104. The number of piperidine rings is 1. The number of nitrogens with two attached hydrogens (primary N) is 2. The maximum atomic E-state index is 13.7. The number of H-pyrrole nitrogens is 1. The Balaban J connectivity index is 1.25. The maximum Gasteiger partial charge on any atom is 0.350 e. The lowest BCUT2D eigenvalue weighted by atomic mass is 9.93. The molecule has 4 aliphatic rings. The molecule has 2 aromatic rings. The molecule has 16 nitrogen and oxygen atoms in total. The third-order valence-corrected chi connectivity index (χ3v) is 10.9. The van der Waals surface area contributed by atoms with Crippen LogP contribution < -0.4 is 16.8 Å². The number of thioether (sulfide) groups is 1. The van der Waals surface area contributed by atoms with Crippen molar-refractivity contribution in [3.05, 3.63) is 22.5 Å². The van der Waals surface area contributed by atoms with E-state index in [1.165, 1.54) is 19.2 Å². The molecule has 18 heteroatoms. The summed E-state index contributed by atoms with van der Waals surface area (Å²) in [5, 5.41) is 31.9. The van der Waals surface area contributed by atoms with Gasteiger partial charge in [0, 0.05) is 48.4 Å². The Labute approximate surface area is 254 Å². The van der Waals surface area contributed by atoms with E-state index in [-0.39, 0.29) is 28.5 Å². The van der Waals surface area contributed by atoms with E-state index in [2.05, 4.69) is 43.1 Å². The predicted molar refractivity (Wildman–Crippen MR) is 157 cm³/mol. The van der Waals surface area contributed by atoms with Gasteiger partial charge in [-0.15, -0.1) is 33.3 Å². The maximum absolute atomic E-state index is 13.7. The van der Waals surface area contributed by atoms with Crippen molar-refractivity contribution >= 4 is 57.4 Å². The summed E-state index contributed by atoms with van der Waals surface area (Å²) in [5.74, 6) is -1.41. The number of aromatic amines is 1. The van der Waals surface area contributed by atoms with E-state index in [4.69, 9.17) is 16.3 Å². The fourth-order valence-corrected chi connectivity index (χ4v) is 8.43. The number of nitrogens with zero attached hydrogens (tertiary/aromatic N) is 7. The second-order valence-corrected chi connectivity index (χ2v) is 14.1. The summed E-state index contributed by atoms with van der Waals surface area (Å²) >= 11 is 2.63. The van der Waals surface area contributed by atoms with Crippen molar-refractivity contribution in [3.63, 3.8) is 0 Å². The Morgan fingerprint density at radius 1 is 1.33 bits per heavy atom. The number of likely N-dealkylation sites (N-methyl/N-ethyl adjacent to an activating group) is 1. The van der Waals surface area contributed by atoms with Gasteiger partial charge in [-0.1, -0.05) is 5.16 Å². The molecule has 7 N–H and O–H groups in total. The Kier molecular flexibility index (Phi) is 7.42. The molecule has 6 heterocycles. The number of carbonyl (C=O) groups is 3. The highest BCUT2D eigenvalue weighted by atomic mass is 32.2. The number of amides is 2. The van der Waals surface area contributed by atoms with Crippen LogP contribution in [0.1, 0.15) is 51.0 Å². The topological polar surface area (TPSA) is 228 Å². The van der Waals surface area contributed by atoms with Crippen molar-refractivity contribution in [2.24, 2.45) is 10.9 Å². The van der Waals surface area contributed by atoms with Crippen molar-refractivity contribution in [1.29, 1.82) is 0 Å². The van der Waals surface area contributed by atoms with E-state index < -0.39 is 28.9 Å². The van der Waals surface area contributed by atoms with Gasteiger partial charge in [0.15, 0.2) is 10.8 Å². The number of quaternary nitrogens is 1. The van der Waals surface area contributed by atoms with Crippen LogP contribution in [-0.2, 0) is 19.2 Å². The predicted octanol–water partition coefficient (Wildman–Crippen LogP) is -0.268. The van der Waals surface area contributed by atoms with Gasteiger partial charge in [-0.05, 0) is 19.1 Å². The number of carboxylic acids is 1. The van der Waals surface area contributed by atoms with Gasteiger partial charge in [0.1, 0.15) is 23.7 Å². The highest BCUT2D eigenvalue weighted by Crippen LogP contribution is 2.47. The van der Waals surface area contributed by atoms with Gasteiger partial charge in [0.25, 0.3) is 11.8 Å². The normalized spacial score (nSPS) is 30.6. The van der Waals surface area contributed by atoms with Gasteiger partial charge in [-0.25, -0.2) is 9.78 Å². The fraction of sp³-hybridized carbons (Fsp3) is 0.600. The van der Waals surface area contributed by atoms with E-state index in [9.17, 15) is 19.5 Å². The molecule has 3 fully saturated rings. The summed E-state index contributed by atoms with van der Waals surface area (Å²) in [6, 6.07) is 0.250. The van der Waals surface area contributed by atoms with Gasteiger partial charge in [-0.3, -0.25) is 14.5 Å². The number of tetrazole rings is 1. The monoisotopic (exact) mass is 632 g/mol. The van der Waals surface area contributed by atoms with Gasteiger partial charge in [-0.2, -0.15) is 5.21 Å². The van der Waals surface area contributed by atoms with Gasteiger partial charge in [0.2, 0.25) is 11.4 Å². The number of oxime groups is 1. The molecule has 0 radical (unpaired) electrons. The lowest BCUT2D eigenvalue weighted by Gasteiger charge is -2.52. The van der Waals surface area contributed by atoms with E-state index in [0.717, 1.165) is 53.6 Å². The number of nitrogen functional groups attached to an aromatic ring is 1. The number of hydrogen-bond donors (Lipinski definition) is 5. The van der Waals surface area contributed by atoms with E-state index in [0.29, 0.717) is 29.4 Å². The highest BCUT2D eigenvalue weighted by Gasteiger charge is 2.56. The molecule has 0 saturated carbocycles. The highest BCUT2D eigenvalue weighted by molar-refractivity contribution is 8.00. The summed E-state index contributed by atoms with van der Waals surface area (Å²) in [4.78, 5) is 49.6. The van der Waals surface area contributed by atoms with Crippen LogP contribution in [0.3, 0.4) is 0 Å². The number of carboxylic acid groups (broad SMARTS) is 1. The zero-order valence-electron chi connectivity index (χ0n) is 23.9. The Morgan fingerprint density at radius 3 is 2.65 bits per heavy atom. The van der Waals surface area contributed by atoms with E-state index in [1.54, 1.807) is 16.7 Å². The molecule has 6 rings (SSSR count). The Bertz CT molecular complexity index is 1490. The average Bonchev–Trinajstić information content (AvgIpc) is 3.66. The molecule has 2 bridgehead atoms. The molecule has 4 aliphatic heterocycles. The zero-order valence-corrected chi connectivity index (χ0v) is 25.5. The summed E-state index contributed by atoms with van der Waals surface area (Å²) in [6.45, 7) is 3.34. The lowest BCUT2D eigenvalue weighted by Crippen LogP contribution is -2.70. The standard InChI is InChI=1S/C25H33N11O5S2/c1-25(2,23(39)40)41-32-16(15-10-43-24(27)28-15)20(37)29-17-21(38)35-18(19-30-33-34-31-19)11(9-42-22(17)35)8-36(3)13-4-5-14(36)7-12(26)6-13/h10,12-14,17,22H,4-9,26H2,1-3H3,(H4-,27,28,29,30,31,33,34,37,39,40)/p+1/b32-16-/t12?,13-,14+,17-,22-,36?/m1/s1. The SMILES string of the molecule is CC(C)(O/N=C(\C(=O)N[C@@H]1C(=O)N2C(c3nn[nH]n3)=C(C[N+]3(C)[C@@H]4CC[C@H]3CC(N)C4)CS[C@H]12)c1csc(N)n1)C(=O)O. The van der Waals surface area contributed by atoms with Crippen molar-refractivity contribution in [3.8, 4) is 0 Å². The first-order chi connectivity index (χ1) is 20.4. The van der Waals surface area contributed by atoms with Crippen molar-refractivity contribution in [2.45, 2.75) is 74.7 Å². The number of fused-ring (bicyclic) bond motifs is 3. The average molecular weight is 633 g/mol. The summed E-state index contributed by atoms with van der Waals surface area (Å²) in [7, 11) is 2.28. The fourth-order valence-electron chi connectivity index (χ4n) is 6.54.